The highest BCUT2D eigenvalue weighted by Gasteiger charge is 2.08. The van der Waals surface area contributed by atoms with Gasteiger partial charge in [-0.25, -0.2) is 0 Å². The van der Waals surface area contributed by atoms with E-state index in [0.717, 1.165) is 18.7 Å². The first-order valence-electron chi connectivity index (χ1n) is 7.32. The minimum Gasteiger partial charge on any atom is -0.484 e. The molecule has 1 amide bonds. The molecular formula is C16H26N2O2. The highest BCUT2D eigenvalue weighted by Crippen LogP contribution is 2.20. The highest BCUT2D eigenvalue weighted by molar-refractivity contribution is 5.77. The summed E-state index contributed by atoms with van der Waals surface area (Å²) >= 11 is 0. The van der Waals surface area contributed by atoms with Crippen molar-refractivity contribution in [1.82, 2.24) is 10.6 Å². The van der Waals surface area contributed by atoms with Gasteiger partial charge in [0, 0.05) is 12.1 Å². The number of carbonyl (C=O) groups excluding carboxylic acids is 1. The Kier molecular flexibility index (Phi) is 7.09. The zero-order valence-corrected chi connectivity index (χ0v) is 12.9. The first kappa shape index (κ1) is 16.5. The van der Waals surface area contributed by atoms with E-state index in [1.165, 1.54) is 5.56 Å². The van der Waals surface area contributed by atoms with Crippen molar-refractivity contribution < 1.29 is 9.53 Å². The van der Waals surface area contributed by atoms with Gasteiger partial charge < -0.3 is 15.4 Å². The van der Waals surface area contributed by atoms with Gasteiger partial charge in [0.2, 0.25) is 0 Å². The first-order chi connectivity index (χ1) is 9.56. The van der Waals surface area contributed by atoms with Gasteiger partial charge in [0.05, 0.1) is 0 Å². The lowest BCUT2D eigenvalue weighted by molar-refractivity contribution is -0.123. The summed E-state index contributed by atoms with van der Waals surface area (Å²) in [5.74, 6) is 0.627. The van der Waals surface area contributed by atoms with Gasteiger partial charge in [-0.3, -0.25) is 4.79 Å². The van der Waals surface area contributed by atoms with E-state index in [1.54, 1.807) is 0 Å². The van der Waals surface area contributed by atoms with E-state index in [1.807, 2.05) is 38.1 Å². The van der Waals surface area contributed by atoms with Crippen LogP contribution in [0.4, 0.5) is 0 Å². The van der Waals surface area contributed by atoms with Crippen molar-refractivity contribution in [3.05, 3.63) is 29.8 Å². The quantitative estimate of drug-likeness (QED) is 0.768. The maximum atomic E-state index is 11.5. The number of rotatable bonds is 8. The van der Waals surface area contributed by atoms with Crippen LogP contribution in [0.1, 0.15) is 45.7 Å². The number of benzene rings is 1. The van der Waals surface area contributed by atoms with E-state index in [0.29, 0.717) is 6.04 Å². The third-order valence-corrected chi connectivity index (χ3v) is 2.96. The van der Waals surface area contributed by atoms with Crippen LogP contribution in [0.15, 0.2) is 24.3 Å². The molecule has 112 valence electrons. The molecule has 4 nitrogen and oxygen atoms in total. The number of amides is 1. The summed E-state index contributed by atoms with van der Waals surface area (Å²) in [7, 11) is 0. The predicted molar refractivity (Wildman–Crippen MR) is 81.9 cm³/mol. The predicted octanol–water partition coefficient (Wildman–Crippen LogP) is 2.65. The zero-order chi connectivity index (χ0) is 15.0. The molecule has 0 aliphatic rings. The standard InChI is InChI=1S/C16H26N2O2/c1-5-15(17-6-2)13-7-9-14(10-8-13)20-11-16(19)18-12(3)4/h7-10,12,15,17H,5-6,11H2,1-4H3,(H,18,19). The van der Waals surface area contributed by atoms with Gasteiger partial charge in [0.1, 0.15) is 5.75 Å². The van der Waals surface area contributed by atoms with Crippen molar-refractivity contribution in [2.24, 2.45) is 0 Å². The van der Waals surface area contributed by atoms with Crippen molar-refractivity contribution in [3.8, 4) is 5.75 Å². The zero-order valence-electron chi connectivity index (χ0n) is 12.9. The van der Waals surface area contributed by atoms with Crippen molar-refractivity contribution in [2.45, 2.75) is 46.2 Å². The van der Waals surface area contributed by atoms with Gasteiger partial charge in [0.15, 0.2) is 6.61 Å². The van der Waals surface area contributed by atoms with E-state index >= 15 is 0 Å². The summed E-state index contributed by atoms with van der Waals surface area (Å²) < 4.78 is 5.46. The lowest BCUT2D eigenvalue weighted by Gasteiger charge is -2.16. The summed E-state index contributed by atoms with van der Waals surface area (Å²) in [4.78, 5) is 11.5. The van der Waals surface area contributed by atoms with E-state index < -0.39 is 0 Å². The maximum Gasteiger partial charge on any atom is 0.258 e. The summed E-state index contributed by atoms with van der Waals surface area (Å²) in [5, 5.41) is 6.23. The van der Waals surface area contributed by atoms with Crippen molar-refractivity contribution in [2.75, 3.05) is 13.2 Å². The molecule has 4 heteroatoms. The molecule has 0 bridgehead atoms. The van der Waals surface area contributed by atoms with E-state index in [9.17, 15) is 4.79 Å². The van der Waals surface area contributed by atoms with Crippen molar-refractivity contribution in [3.63, 3.8) is 0 Å². The lowest BCUT2D eigenvalue weighted by Crippen LogP contribution is -2.34. The Morgan fingerprint density at radius 2 is 1.85 bits per heavy atom. The smallest absolute Gasteiger partial charge is 0.258 e. The Morgan fingerprint density at radius 3 is 2.35 bits per heavy atom. The Balaban J connectivity index is 2.52. The van der Waals surface area contributed by atoms with Crippen LogP contribution < -0.4 is 15.4 Å². The molecule has 0 saturated heterocycles. The Hall–Kier alpha value is -1.55. The van der Waals surface area contributed by atoms with Crippen LogP contribution in [0.3, 0.4) is 0 Å². The fourth-order valence-electron chi connectivity index (χ4n) is 2.05. The number of carbonyl (C=O) groups is 1. The second kappa shape index (κ2) is 8.59. The van der Waals surface area contributed by atoms with E-state index in [2.05, 4.69) is 24.5 Å². The summed E-state index contributed by atoms with van der Waals surface area (Å²) in [6.07, 6.45) is 1.05. The minimum atomic E-state index is -0.0943. The molecular weight excluding hydrogens is 252 g/mol. The van der Waals surface area contributed by atoms with Crippen LogP contribution in [0.2, 0.25) is 0 Å². The fourth-order valence-corrected chi connectivity index (χ4v) is 2.05. The average molecular weight is 278 g/mol. The molecule has 0 saturated carbocycles. The molecule has 0 aliphatic carbocycles. The van der Waals surface area contributed by atoms with Crippen molar-refractivity contribution >= 4 is 5.91 Å². The second-order valence-electron chi connectivity index (χ2n) is 5.10. The molecule has 0 aromatic heterocycles. The maximum absolute atomic E-state index is 11.5. The van der Waals surface area contributed by atoms with Crippen molar-refractivity contribution in [1.29, 1.82) is 0 Å². The number of hydrogen-bond acceptors (Lipinski definition) is 3. The van der Waals surface area contributed by atoms with Crippen LogP contribution in [-0.4, -0.2) is 25.1 Å². The number of ether oxygens (including phenoxy) is 1. The van der Waals surface area contributed by atoms with Crippen LogP contribution in [0, 0.1) is 0 Å². The summed E-state index contributed by atoms with van der Waals surface area (Å²) in [6.45, 7) is 9.13. The third-order valence-electron chi connectivity index (χ3n) is 2.96. The molecule has 0 aliphatic heterocycles. The van der Waals surface area contributed by atoms with Gasteiger partial charge in [-0.1, -0.05) is 26.0 Å². The van der Waals surface area contributed by atoms with Gasteiger partial charge in [-0.15, -0.1) is 0 Å². The van der Waals surface area contributed by atoms with Gasteiger partial charge in [-0.2, -0.15) is 0 Å². The van der Waals surface area contributed by atoms with Crippen LogP contribution in [-0.2, 0) is 4.79 Å². The molecule has 0 spiro atoms. The molecule has 1 aromatic rings. The molecule has 2 N–H and O–H groups in total. The summed E-state index contributed by atoms with van der Waals surface area (Å²) in [5.41, 5.74) is 1.24. The molecule has 0 radical (unpaired) electrons. The molecule has 1 atom stereocenters. The van der Waals surface area contributed by atoms with E-state index in [-0.39, 0.29) is 18.6 Å². The van der Waals surface area contributed by atoms with Crippen LogP contribution in [0.25, 0.3) is 0 Å². The average Bonchev–Trinajstić information content (AvgIpc) is 2.42. The first-order valence-corrected chi connectivity index (χ1v) is 7.32. The summed E-state index contributed by atoms with van der Waals surface area (Å²) in [6, 6.07) is 8.44. The second-order valence-corrected chi connectivity index (χ2v) is 5.10. The third kappa shape index (κ3) is 5.61. The van der Waals surface area contributed by atoms with Crippen LogP contribution in [0.5, 0.6) is 5.75 Å². The van der Waals surface area contributed by atoms with Gasteiger partial charge >= 0.3 is 0 Å². The van der Waals surface area contributed by atoms with E-state index in [4.69, 9.17) is 4.74 Å². The molecule has 1 unspecified atom stereocenters. The Bertz CT molecular complexity index is 401. The molecule has 0 heterocycles. The SMILES string of the molecule is CCNC(CC)c1ccc(OCC(=O)NC(C)C)cc1. The number of hydrogen-bond donors (Lipinski definition) is 2. The monoisotopic (exact) mass is 278 g/mol. The largest absolute Gasteiger partial charge is 0.484 e. The fraction of sp³-hybridized carbons (Fsp3) is 0.562. The Labute approximate surface area is 121 Å². The lowest BCUT2D eigenvalue weighted by atomic mass is 10.0. The number of nitrogens with one attached hydrogen (secondary N) is 2. The normalized spacial score (nSPS) is 12.2. The molecule has 1 rings (SSSR count). The topological polar surface area (TPSA) is 50.4 Å². The Morgan fingerprint density at radius 1 is 1.20 bits per heavy atom. The van der Waals surface area contributed by atoms with Crippen LogP contribution >= 0.6 is 0 Å². The van der Waals surface area contributed by atoms with Gasteiger partial charge in [-0.05, 0) is 44.5 Å². The van der Waals surface area contributed by atoms with Gasteiger partial charge in [0.25, 0.3) is 5.91 Å². The molecule has 20 heavy (non-hydrogen) atoms. The molecule has 1 aromatic carbocycles. The molecule has 0 fully saturated rings. The minimum absolute atomic E-state index is 0.0575. The highest BCUT2D eigenvalue weighted by atomic mass is 16.5.